The van der Waals surface area contributed by atoms with Crippen molar-refractivity contribution in [2.24, 2.45) is 11.7 Å². The van der Waals surface area contributed by atoms with Gasteiger partial charge in [0.1, 0.15) is 10.6 Å². The Morgan fingerprint density at radius 2 is 2.15 bits per heavy atom. The fourth-order valence-corrected chi connectivity index (χ4v) is 4.54. The molecule has 3 rings (SSSR count). The van der Waals surface area contributed by atoms with Crippen LogP contribution in [0.25, 0.3) is 0 Å². The van der Waals surface area contributed by atoms with Crippen LogP contribution >= 0.6 is 22.9 Å². The van der Waals surface area contributed by atoms with Crippen molar-refractivity contribution in [1.82, 2.24) is 0 Å². The van der Waals surface area contributed by atoms with Crippen LogP contribution in [0.4, 0.5) is 10.7 Å². The minimum absolute atomic E-state index is 0.169. The van der Waals surface area contributed by atoms with Gasteiger partial charge in [-0.05, 0) is 42.9 Å². The van der Waals surface area contributed by atoms with E-state index in [1.807, 2.05) is 0 Å². The molecule has 0 saturated carbocycles. The zero-order valence-electron chi connectivity index (χ0n) is 13.9. The topological polar surface area (TPSA) is 115 Å². The van der Waals surface area contributed by atoms with Gasteiger partial charge in [-0.25, -0.2) is 0 Å². The van der Waals surface area contributed by atoms with E-state index in [0.29, 0.717) is 16.5 Å². The van der Waals surface area contributed by atoms with Crippen LogP contribution in [0, 0.1) is 16.0 Å². The van der Waals surface area contributed by atoms with E-state index in [1.54, 1.807) is 0 Å². The summed E-state index contributed by atoms with van der Waals surface area (Å²) in [4.78, 5) is 36.1. The summed E-state index contributed by atoms with van der Waals surface area (Å²) in [5.74, 6) is -0.895. The Morgan fingerprint density at radius 3 is 2.81 bits per heavy atom. The molecule has 1 aliphatic carbocycles. The third-order valence-electron chi connectivity index (χ3n) is 4.38. The normalized spacial score (nSPS) is 16.0. The second-order valence-electron chi connectivity index (χ2n) is 6.29. The number of hydrogen-bond donors (Lipinski definition) is 2. The van der Waals surface area contributed by atoms with Crippen molar-refractivity contribution >= 4 is 45.4 Å². The average molecular weight is 394 g/mol. The number of nitrogens with zero attached hydrogens (tertiary/aromatic N) is 1. The molecule has 1 heterocycles. The number of fused-ring (bicyclic) bond motifs is 1. The van der Waals surface area contributed by atoms with Crippen molar-refractivity contribution in [3.63, 3.8) is 0 Å². The fourth-order valence-electron chi connectivity index (χ4n) is 3.13. The first-order valence-corrected chi connectivity index (χ1v) is 9.17. The molecule has 1 atom stereocenters. The molecule has 0 fully saturated rings. The number of thiophene rings is 1. The quantitative estimate of drug-likeness (QED) is 0.607. The third kappa shape index (κ3) is 3.42. The standard InChI is InChI=1S/C17H16ClN3O4S/c1-8-2-5-13-11(6-8)14(15(19)22)17(26-13)20-16(23)10-7-9(18)3-4-12(10)21(24)25/h3-4,7-8H,2,5-6H2,1H3,(H2,19,22)(H,20,23)/t8-/m0/s1. The zero-order chi connectivity index (χ0) is 19.0. The van der Waals surface area contributed by atoms with Crippen molar-refractivity contribution in [2.45, 2.75) is 26.2 Å². The molecule has 26 heavy (non-hydrogen) atoms. The van der Waals surface area contributed by atoms with Gasteiger partial charge in [-0.15, -0.1) is 11.3 Å². The van der Waals surface area contributed by atoms with Gasteiger partial charge >= 0.3 is 0 Å². The Bertz CT molecular complexity index is 925. The van der Waals surface area contributed by atoms with E-state index in [0.717, 1.165) is 29.7 Å². The van der Waals surface area contributed by atoms with Crippen LogP contribution in [0.15, 0.2) is 18.2 Å². The van der Waals surface area contributed by atoms with Crippen molar-refractivity contribution in [3.05, 3.63) is 54.9 Å². The van der Waals surface area contributed by atoms with Gasteiger partial charge in [0, 0.05) is 16.0 Å². The summed E-state index contributed by atoms with van der Waals surface area (Å²) < 4.78 is 0. The number of halogens is 1. The number of carbonyl (C=O) groups is 2. The molecule has 1 aliphatic rings. The molecule has 0 spiro atoms. The monoisotopic (exact) mass is 393 g/mol. The third-order valence-corrected chi connectivity index (χ3v) is 5.82. The number of rotatable bonds is 4. The first kappa shape index (κ1) is 18.3. The molecule has 0 aliphatic heterocycles. The van der Waals surface area contributed by atoms with Crippen molar-refractivity contribution in [2.75, 3.05) is 5.32 Å². The minimum atomic E-state index is -0.701. The molecule has 2 amide bonds. The van der Waals surface area contributed by atoms with Crippen LogP contribution in [-0.2, 0) is 12.8 Å². The summed E-state index contributed by atoms with van der Waals surface area (Å²) in [5, 5.41) is 14.3. The predicted molar refractivity (Wildman–Crippen MR) is 100 cm³/mol. The second kappa shape index (κ2) is 7.05. The lowest BCUT2D eigenvalue weighted by atomic mass is 9.87. The molecule has 9 heteroatoms. The van der Waals surface area contributed by atoms with E-state index in [9.17, 15) is 19.7 Å². The highest BCUT2D eigenvalue weighted by Crippen LogP contribution is 2.39. The average Bonchev–Trinajstić information content (AvgIpc) is 2.91. The van der Waals surface area contributed by atoms with Crippen molar-refractivity contribution in [3.8, 4) is 0 Å². The highest BCUT2D eigenvalue weighted by atomic mass is 35.5. The van der Waals surface area contributed by atoms with E-state index in [1.165, 1.54) is 29.5 Å². The number of nitro benzene ring substituents is 1. The van der Waals surface area contributed by atoms with Crippen LogP contribution < -0.4 is 11.1 Å². The summed E-state index contributed by atoms with van der Waals surface area (Å²) >= 11 is 7.17. The van der Waals surface area contributed by atoms with Gasteiger partial charge in [0.25, 0.3) is 17.5 Å². The summed E-state index contributed by atoms with van der Waals surface area (Å²) in [7, 11) is 0. The first-order chi connectivity index (χ1) is 12.3. The largest absolute Gasteiger partial charge is 0.365 e. The van der Waals surface area contributed by atoms with Gasteiger partial charge in [-0.2, -0.15) is 0 Å². The predicted octanol–water partition coefficient (Wildman–Crippen LogP) is 3.79. The smallest absolute Gasteiger partial charge is 0.282 e. The molecular formula is C17H16ClN3O4S. The maximum absolute atomic E-state index is 12.6. The van der Waals surface area contributed by atoms with Crippen LogP contribution in [0.3, 0.4) is 0 Å². The van der Waals surface area contributed by atoms with E-state index in [2.05, 4.69) is 12.2 Å². The Hall–Kier alpha value is -2.45. The molecule has 2 aromatic rings. The second-order valence-corrected chi connectivity index (χ2v) is 7.83. The fraction of sp³-hybridized carbons (Fsp3) is 0.294. The Kier molecular flexibility index (Phi) is 4.97. The van der Waals surface area contributed by atoms with Gasteiger partial charge in [0.15, 0.2) is 0 Å². The van der Waals surface area contributed by atoms with Crippen LogP contribution in [-0.4, -0.2) is 16.7 Å². The van der Waals surface area contributed by atoms with Gasteiger partial charge < -0.3 is 11.1 Å². The summed E-state index contributed by atoms with van der Waals surface area (Å²) in [6, 6.07) is 3.75. The highest BCUT2D eigenvalue weighted by Gasteiger charge is 2.29. The molecule has 1 aromatic heterocycles. The van der Waals surface area contributed by atoms with Gasteiger partial charge in [-0.3, -0.25) is 19.7 Å². The lowest BCUT2D eigenvalue weighted by Crippen LogP contribution is -2.20. The number of nitrogens with one attached hydrogen (secondary N) is 1. The lowest BCUT2D eigenvalue weighted by molar-refractivity contribution is -0.385. The number of benzene rings is 1. The Balaban J connectivity index is 2.00. The SMILES string of the molecule is C[C@H]1CCc2sc(NC(=O)c3cc(Cl)ccc3[N+](=O)[O-])c(C(N)=O)c2C1. The lowest BCUT2D eigenvalue weighted by Gasteiger charge is -2.18. The Morgan fingerprint density at radius 1 is 1.42 bits per heavy atom. The molecule has 1 aromatic carbocycles. The van der Waals surface area contributed by atoms with Crippen LogP contribution in [0.2, 0.25) is 5.02 Å². The maximum Gasteiger partial charge on any atom is 0.282 e. The number of carbonyl (C=O) groups excluding carboxylic acids is 2. The first-order valence-electron chi connectivity index (χ1n) is 7.97. The number of nitro groups is 1. The number of anilines is 1. The van der Waals surface area contributed by atoms with E-state index >= 15 is 0 Å². The molecule has 3 N–H and O–H groups in total. The summed E-state index contributed by atoms with van der Waals surface area (Å²) in [6.07, 6.45) is 2.53. The van der Waals surface area contributed by atoms with Crippen molar-refractivity contribution < 1.29 is 14.5 Å². The maximum atomic E-state index is 12.6. The molecule has 136 valence electrons. The molecule has 0 radical (unpaired) electrons. The van der Waals surface area contributed by atoms with E-state index < -0.39 is 16.7 Å². The zero-order valence-corrected chi connectivity index (χ0v) is 15.4. The number of nitrogens with two attached hydrogens (primary N) is 1. The van der Waals surface area contributed by atoms with Gasteiger partial charge in [-0.1, -0.05) is 18.5 Å². The number of aryl methyl sites for hydroxylation is 1. The number of hydrogen-bond acceptors (Lipinski definition) is 5. The van der Waals surface area contributed by atoms with Crippen LogP contribution in [0.1, 0.15) is 44.5 Å². The van der Waals surface area contributed by atoms with Gasteiger partial charge in [0.2, 0.25) is 0 Å². The summed E-state index contributed by atoms with van der Waals surface area (Å²) in [5.41, 5.74) is 6.18. The Labute approximate surface area is 158 Å². The van der Waals surface area contributed by atoms with Crippen molar-refractivity contribution in [1.29, 1.82) is 0 Å². The highest BCUT2D eigenvalue weighted by molar-refractivity contribution is 7.17. The summed E-state index contributed by atoms with van der Waals surface area (Å²) in [6.45, 7) is 2.10. The molecular weight excluding hydrogens is 378 g/mol. The van der Waals surface area contributed by atoms with Gasteiger partial charge in [0.05, 0.1) is 10.5 Å². The number of amides is 2. The van der Waals surface area contributed by atoms with Crippen LogP contribution in [0.5, 0.6) is 0 Å². The number of primary amides is 1. The molecule has 7 nitrogen and oxygen atoms in total. The van der Waals surface area contributed by atoms with E-state index in [-0.39, 0.29) is 16.3 Å². The van der Waals surface area contributed by atoms with E-state index in [4.69, 9.17) is 17.3 Å². The molecule has 0 unspecified atom stereocenters. The molecule has 0 bridgehead atoms. The minimum Gasteiger partial charge on any atom is -0.365 e. The molecule has 0 saturated heterocycles.